The minimum absolute atomic E-state index is 0.499. The van der Waals surface area contributed by atoms with Gasteiger partial charge in [-0.15, -0.1) is 0 Å². The molecule has 0 aliphatic heterocycles. The molecule has 138 valence electrons. The molecule has 1 aromatic rings. The number of hydrogen-bond donors (Lipinski definition) is 2. The van der Waals surface area contributed by atoms with Crippen molar-refractivity contribution in [3.8, 4) is 0 Å². The number of aryl methyl sites for hydroxylation is 1. The van der Waals surface area contributed by atoms with Gasteiger partial charge < -0.3 is 10.7 Å². The quantitative estimate of drug-likeness (QED) is 0.644. The van der Waals surface area contributed by atoms with E-state index in [1.165, 1.54) is 56.7 Å². The fourth-order valence-corrected chi connectivity index (χ4v) is 3.47. The van der Waals surface area contributed by atoms with Gasteiger partial charge in [-0.3, -0.25) is 0 Å². The molecule has 4 heteroatoms. The summed E-state index contributed by atoms with van der Waals surface area (Å²) in [6.45, 7) is 8.18. The second-order valence-electron chi connectivity index (χ2n) is 7.19. The van der Waals surface area contributed by atoms with E-state index < -0.39 is 0 Å². The first-order chi connectivity index (χ1) is 12.2. The molecule has 2 saturated carbocycles. The minimum Gasteiger partial charge on any atom is -0.351 e. The standard InChI is InChI=1S/C19H28N4.C2H6/c1-13(10-15-8-9-15)17(11-20)18-14(2)12-21-19(23-18)22-16-6-4-3-5-7-16;1-2/h11-12,15-16,20H,3-10H2,1-2H3,(H,21,22,23);1-2H3/b17-13-,20-11?;. The van der Waals surface area contributed by atoms with Crippen LogP contribution in [0.3, 0.4) is 0 Å². The summed E-state index contributed by atoms with van der Waals surface area (Å²) in [5.74, 6) is 1.54. The number of aromatic nitrogens is 2. The summed E-state index contributed by atoms with van der Waals surface area (Å²) < 4.78 is 0. The van der Waals surface area contributed by atoms with Crippen LogP contribution < -0.4 is 5.32 Å². The predicted molar refractivity (Wildman–Crippen MR) is 107 cm³/mol. The van der Waals surface area contributed by atoms with Gasteiger partial charge in [-0.05, 0) is 57.4 Å². The van der Waals surface area contributed by atoms with Crippen LogP contribution in [0.2, 0.25) is 0 Å². The van der Waals surface area contributed by atoms with Crippen molar-refractivity contribution in [3.63, 3.8) is 0 Å². The SMILES string of the molecule is C/C(CC1CC1)=C(\C=N)c1nc(NC2CCCCC2)ncc1C.CC. The Balaban J connectivity index is 0.00000109. The van der Waals surface area contributed by atoms with Gasteiger partial charge in [0.15, 0.2) is 0 Å². The van der Waals surface area contributed by atoms with E-state index in [1.807, 2.05) is 27.0 Å². The Bertz CT molecular complexity index is 596. The van der Waals surface area contributed by atoms with E-state index in [0.29, 0.717) is 6.04 Å². The van der Waals surface area contributed by atoms with Crippen LogP contribution in [-0.4, -0.2) is 22.2 Å². The highest BCUT2D eigenvalue weighted by Crippen LogP contribution is 2.37. The number of nitrogens with zero attached hydrogens (tertiary/aromatic N) is 2. The van der Waals surface area contributed by atoms with Gasteiger partial charge in [-0.1, -0.05) is 38.7 Å². The molecule has 0 atom stereocenters. The van der Waals surface area contributed by atoms with Gasteiger partial charge in [0.1, 0.15) is 0 Å². The maximum absolute atomic E-state index is 7.85. The number of allylic oxidation sites excluding steroid dienone is 2. The van der Waals surface area contributed by atoms with Crippen LogP contribution in [0.1, 0.15) is 83.4 Å². The third-order valence-electron chi connectivity index (χ3n) is 5.06. The van der Waals surface area contributed by atoms with E-state index in [0.717, 1.165) is 35.1 Å². The first kappa shape index (κ1) is 19.6. The van der Waals surface area contributed by atoms with E-state index in [4.69, 9.17) is 10.4 Å². The first-order valence-electron chi connectivity index (χ1n) is 9.98. The van der Waals surface area contributed by atoms with Gasteiger partial charge in [0.05, 0.1) is 5.69 Å². The highest BCUT2D eigenvalue weighted by atomic mass is 15.1. The van der Waals surface area contributed by atoms with Gasteiger partial charge in [0.25, 0.3) is 0 Å². The summed E-state index contributed by atoms with van der Waals surface area (Å²) in [6, 6.07) is 0.499. The summed E-state index contributed by atoms with van der Waals surface area (Å²) >= 11 is 0. The average molecular weight is 343 g/mol. The normalized spacial score (nSPS) is 18.7. The molecular weight excluding hydrogens is 308 g/mol. The fourth-order valence-electron chi connectivity index (χ4n) is 3.47. The molecule has 0 radical (unpaired) electrons. The van der Waals surface area contributed by atoms with Crippen LogP contribution in [0, 0.1) is 18.3 Å². The maximum atomic E-state index is 7.85. The van der Waals surface area contributed by atoms with Crippen LogP contribution in [0.5, 0.6) is 0 Å². The summed E-state index contributed by atoms with van der Waals surface area (Å²) in [4.78, 5) is 9.22. The topological polar surface area (TPSA) is 61.7 Å². The molecule has 0 bridgehead atoms. The number of nitrogens with one attached hydrogen (secondary N) is 2. The van der Waals surface area contributed by atoms with Crippen molar-refractivity contribution in [3.05, 3.63) is 23.0 Å². The number of anilines is 1. The first-order valence-corrected chi connectivity index (χ1v) is 9.98. The van der Waals surface area contributed by atoms with Crippen molar-refractivity contribution in [1.82, 2.24) is 9.97 Å². The Morgan fingerprint density at radius 3 is 2.48 bits per heavy atom. The number of rotatable bonds is 6. The molecule has 2 aliphatic rings. The van der Waals surface area contributed by atoms with Crippen LogP contribution in [0.15, 0.2) is 11.8 Å². The molecule has 2 N–H and O–H groups in total. The van der Waals surface area contributed by atoms with Crippen molar-refractivity contribution in [2.75, 3.05) is 5.32 Å². The second-order valence-corrected chi connectivity index (χ2v) is 7.19. The number of hydrogen-bond acceptors (Lipinski definition) is 4. The van der Waals surface area contributed by atoms with E-state index in [-0.39, 0.29) is 0 Å². The van der Waals surface area contributed by atoms with Crippen LogP contribution >= 0.6 is 0 Å². The van der Waals surface area contributed by atoms with Crippen LogP contribution in [0.25, 0.3) is 5.57 Å². The zero-order chi connectivity index (χ0) is 18.2. The van der Waals surface area contributed by atoms with Crippen molar-refractivity contribution in [2.45, 2.75) is 85.1 Å². The van der Waals surface area contributed by atoms with E-state index in [2.05, 4.69) is 17.2 Å². The van der Waals surface area contributed by atoms with Crippen LogP contribution in [0.4, 0.5) is 5.95 Å². The van der Waals surface area contributed by atoms with Gasteiger partial charge in [0.2, 0.25) is 5.95 Å². The zero-order valence-corrected chi connectivity index (χ0v) is 16.4. The fraction of sp³-hybridized carbons (Fsp3) is 0.667. The molecular formula is C21H34N4. The lowest BCUT2D eigenvalue weighted by Gasteiger charge is -2.23. The Morgan fingerprint density at radius 2 is 1.88 bits per heavy atom. The van der Waals surface area contributed by atoms with Crippen molar-refractivity contribution in [2.24, 2.45) is 5.92 Å². The van der Waals surface area contributed by atoms with Gasteiger partial charge in [-0.25, -0.2) is 9.97 Å². The molecule has 0 saturated heterocycles. The molecule has 0 unspecified atom stereocenters. The van der Waals surface area contributed by atoms with Crippen LogP contribution in [-0.2, 0) is 0 Å². The lowest BCUT2D eigenvalue weighted by molar-refractivity contribution is 0.461. The Kier molecular flexibility index (Phi) is 7.60. The maximum Gasteiger partial charge on any atom is 0.223 e. The molecule has 1 heterocycles. The summed E-state index contributed by atoms with van der Waals surface area (Å²) in [5.41, 5.74) is 4.23. The van der Waals surface area contributed by atoms with Gasteiger partial charge in [0, 0.05) is 24.0 Å². The Hall–Kier alpha value is -1.71. The summed E-state index contributed by atoms with van der Waals surface area (Å²) in [5, 5.41) is 11.3. The minimum atomic E-state index is 0.499. The second kappa shape index (κ2) is 9.69. The van der Waals surface area contributed by atoms with Crippen molar-refractivity contribution < 1.29 is 0 Å². The average Bonchev–Trinajstić information content (AvgIpc) is 3.45. The lowest BCUT2D eigenvalue weighted by Crippen LogP contribution is -2.23. The van der Waals surface area contributed by atoms with E-state index in [9.17, 15) is 0 Å². The van der Waals surface area contributed by atoms with Crippen molar-refractivity contribution in [1.29, 1.82) is 5.41 Å². The molecule has 25 heavy (non-hydrogen) atoms. The molecule has 0 amide bonds. The van der Waals surface area contributed by atoms with E-state index in [1.54, 1.807) is 0 Å². The molecule has 2 aliphatic carbocycles. The highest BCUT2D eigenvalue weighted by molar-refractivity contribution is 6.09. The third-order valence-corrected chi connectivity index (χ3v) is 5.06. The zero-order valence-electron chi connectivity index (χ0n) is 16.4. The molecule has 0 aromatic carbocycles. The smallest absolute Gasteiger partial charge is 0.223 e. The summed E-state index contributed by atoms with van der Waals surface area (Å²) in [7, 11) is 0. The van der Waals surface area contributed by atoms with Crippen molar-refractivity contribution >= 4 is 17.7 Å². The molecule has 1 aromatic heterocycles. The Morgan fingerprint density at radius 1 is 1.20 bits per heavy atom. The highest BCUT2D eigenvalue weighted by Gasteiger charge is 2.23. The van der Waals surface area contributed by atoms with Gasteiger partial charge >= 0.3 is 0 Å². The molecule has 0 spiro atoms. The molecule has 3 rings (SSSR count). The predicted octanol–water partition coefficient (Wildman–Crippen LogP) is 5.78. The molecule has 4 nitrogen and oxygen atoms in total. The molecule has 2 fully saturated rings. The largest absolute Gasteiger partial charge is 0.351 e. The lowest BCUT2D eigenvalue weighted by atomic mass is 9.96. The monoisotopic (exact) mass is 342 g/mol. The van der Waals surface area contributed by atoms with E-state index >= 15 is 0 Å². The third kappa shape index (κ3) is 5.65. The summed E-state index contributed by atoms with van der Waals surface area (Å²) in [6.07, 6.45) is 13.5. The Labute approximate surface area is 153 Å². The van der Waals surface area contributed by atoms with Gasteiger partial charge in [-0.2, -0.15) is 0 Å².